The molecule has 0 amide bonds. The van der Waals surface area contributed by atoms with Crippen molar-refractivity contribution < 1.29 is 13.2 Å². The van der Waals surface area contributed by atoms with Crippen molar-refractivity contribution in [3.8, 4) is 0 Å². The van der Waals surface area contributed by atoms with E-state index in [2.05, 4.69) is 0 Å². The summed E-state index contributed by atoms with van der Waals surface area (Å²) in [6, 6.07) is 12.8. The fourth-order valence-electron chi connectivity index (χ4n) is 2.43. The maximum absolute atomic E-state index is 13.0. The summed E-state index contributed by atoms with van der Waals surface area (Å²) in [6.07, 6.45) is -2.57. The molecule has 0 radical (unpaired) electrons. The summed E-state index contributed by atoms with van der Waals surface area (Å²) < 4.78 is 40.8. The largest absolute Gasteiger partial charge is 0.416 e. The molecule has 0 aliphatic carbocycles. The summed E-state index contributed by atoms with van der Waals surface area (Å²) in [5.41, 5.74) is 0.509. The Balaban J connectivity index is 2.04. The summed E-state index contributed by atoms with van der Waals surface area (Å²) in [4.78, 5) is 0. The van der Waals surface area contributed by atoms with E-state index in [1.807, 2.05) is 12.1 Å². The van der Waals surface area contributed by atoms with Gasteiger partial charge in [0.2, 0.25) is 0 Å². The minimum absolute atomic E-state index is 0.167. The molecule has 0 N–H and O–H groups in total. The summed E-state index contributed by atoms with van der Waals surface area (Å²) in [7, 11) is 0. The van der Waals surface area contributed by atoms with E-state index in [0.717, 1.165) is 17.0 Å². The zero-order chi connectivity index (χ0) is 15.0. The van der Waals surface area contributed by atoms with Crippen LogP contribution in [0, 0.1) is 0 Å². The van der Waals surface area contributed by atoms with E-state index in [4.69, 9.17) is 11.6 Å². The number of aromatic nitrogens is 1. The Labute approximate surface area is 124 Å². The molecule has 0 atom stereocenters. The number of fused-ring (bicyclic) bond motifs is 1. The molecule has 0 aliphatic heterocycles. The molecule has 0 saturated heterocycles. The average Bonchev–Trinajstić information content (AvgIpc) is 2.80. The lowest BCUT2D eigenvalue weighted by atomic mass is 10.1. The molecule has 1 aromatic heterocycles. The maximum atomic E-state index is 13.0. The molecule has 0 spiro atoms. The number of benzene rings is 2. The van der Waals surface area contributed by atoms with Gasteiger partial charge in [-0.3, -0.25) is 0 Å². The van der Waals surface area contributed by atoms with Gasteiger partial charge < -0.3 is 4.57 Å². The van der Waals surface area contributed by atoms with Crippen molar-refractivity contribution >= 4 is 22.5 Å². The van der Waals surface area contributed by atoms with Gasteiger partial charge in [0, 0.05) is 28.7 Å². The van der Waals surface area contributed by atoms with Crippen LogP contribution in [0.25, 0.3) is 10.9 Å². The van der Waals surface area contributed by atoms with E-state index < -0.39 is 11.7 Å². The molecular formula is C16H11ClF3N. The minimum atomic E-state index is -4.34. The second kappa shape index (κ2) is 5.11. The van der Waals surface area contributed by atoms with Gasteiger partial charge in [-0.25, -0.2) is 0 Å². The molecule has 108 valence electrons. The van der Waals surface area contributed by atoms with Crippen LogP contribution in [0.2, 0.25) is 5.02 Å². The molecule has 21 heavy (non-hydrogen) atoms. The van der Waals surface area contributed by atoms with E-state index in [1.165, 1.54) is 12.1 Å². The molecule has 3 rings (SSSR count). The minimum Gasteiger partial charge on any atom is -0.343 e. The lowest BCUT2D eigenvalue weighted by molar-refractivity contribution is -0.138. The highest BCUT2D eigenvalue weighted by molar-refractivity contribution is 6.31. The van der Waals surface area contributed by atoms with Crippen molar-refractivity contribution in [2.45, 2.75) is 12.7 Å². The highest BCUT2D eigenvalue weighted by Gasteiger charge is 2.32. The van der Waals surface area contributed by atoms with Gasteiger partial charge in [-0.1, -0.05) is 29.8 Å². The van der Waals surface area contributed by atoms with Gasteiger partial charge >= 0.3 is 6.18 Å². The van der Waals surface area contributed by atoms with E-state index in [9.17, 15) is 13.2 Å². The van der Waals surface area contributed by atoms with E-state index in [-0.39, 0.29) is 12.1 Å². The van der Waals surface area contributed by atoms with Crippen LogP contribution in [-0.2, 0) is 12.7 Å². The standard InChI is InChI=1S/C16H11ClF3N/c17-13-5-6-15-11(9-13)7-8-21(15)10-12-3-1-2-4-14(12)16(18,19)20/h1-9H,10H2. The second-order valence-electron chi connectivity index (χ2n) is 4.80. The third-order valence-corrected chi connectivity index (χ3v) is 3.63. The zero-order valence-electron chi connectivity index (χ0n) is 10.9. The number of alkyl halides is 3. The zero-order valence-corrected chi connectivity index (χ0v) is 11.6. The van der Waals surface area contributed by atoms with Crippen molar-refractivity contribution in [1.82, 2.24) is 4.57 Å². The van der Waals surface area contributed by atoms with Gasteiger partial charge in [0.1, 0.15) is 0 Å². The number of hydrogen-bond donors (Lipinski definition) is 0. The molecule has 0 unspecified atom stereocenters. The first-order valence-corrected chi connectivity index (χ1v) is 6.72. The van der Waals surface area contributed by atoms with Crippen molar-refractivity contribution in [2.24, 2.45) is 0 Å². The molecule has 0 saturated carbocycles. The molecule has 2 aromatic carbocycles. The Hall–Kier alpha value is -1.94. The SMILES string of the molecule is FC(F)(F)c1ccccc1Cn1ccc2cc(Cl)ccc21. The highest BCUT2D eigenvalue weighted by atomic mass is 35.5. The van der Waals surface area contributed by atoms with Gasteiger partial charge in [0.15, 0.2) is 0 Å². The van der Waals surface area contributed by atoms with Gasteiger partial charge in [0.25, 0.3) is 0 Å². The Morgan fingerprint density at radius 2 is 1.76 bits per heavy atom. The predicted octanol–water partition coefficient (Wildman–Crippen LogP) is 5.36. The topological polar surface area (TPSA) is 4.93 Å². The Bertz CT molecular complexity index is 790. The smallest absolute Gasteiger partial charge is 0.343 e. The number of rotatable bonds is 2. The van der Waals surface area contributed by atoms with E-state index in [0.29, 0.717) is 5.02 Å². The van der Waals surface area contributed by atoms with Crippen molar-refractivity contribution in [2.75, 3.05) is 0 Å². The first-order valence-electron chi connectivity index (χ1n) is 6.34. The molecule has 1 heterocycles. The van der Waals surface area contributed by atoms with Crippen LogP contribution >= 0.6 is 11.6 Å². The Kier molecular flexibility index (Phi) is 3.41. The number of hydrogen-bond acceptors (Lipinski definition) is 0. The van der Waals surface area contributed by atoms with Crippen LogP contribution in [0.4, 0.5) is 13.2 Å². The van der Waals surface area contributed by atoms with Gasteiger partial charge in [0.05, 0.1) is 5.56 Å². The van der Waals surface area contributed by atoms with Gasteiger partial charge in [-0.2, -0.15) is 13.2 Å². The van der Waals surface area contributed by atoms with Crippen LogP contribution < -0.4 is 0 Å². The van der Waals surface area contributed by atoms with Crippen LogP contribution in [0.5, 0.6) is 0 Å². The molecule has 5 heteroatoms. The van der Waals surface area contributed by atoms with Crippen molar-refractivity contribution in [3.05, 3.63) is 70.9 Å². The molecule has 0 fully saturated rings. The highest BCUT2D eigenvalue weighted by Crippen LogP contribution is 2.32. The van der Waals surface area contributed by atoms with Crippen molar-refractivity contribution in [3.63, 3.8) is 0 Å². The van der Waals surface area contributed by atoms with Crippen LogP contribution in [0.1, 0.15) is 11.1 Å². The molecule has 0 bridgehead atoms. The van der Waals surface area contributed by atoms with Gasteiger partial charge in [-0.05, 0) is 35.9 Å². The van der Waals surface area contributed by atoms with E-state index in [1.54, 1.807) is 29.0 Å². The third-order valence-electron chi connectivity index (χ3n) is 3.40. The van der Waals surface area contributed by atoms with Gasteiger partial charge in [-0.15, -0.1) is 0 Å². The predicted molar refractivity (Wildman–Crippen MR) is 77.5 cm³/mol. The van der Waals surface area contributed by atoms with E-state index >= 15 is 0 Å². The summed E-state index contributed by atoms with van der Waals surface area (Å²) in [5, 5.41) is 1.52. The summed E-state index contributed by atoms with van der Waals surface area (Å²) in [5.74, 6) is 0. The Morgan fingerprint density at radius 1 is 1.00 bits per heavy atom. The maximum Gasteiger partial charge on any atom is 0.416 e. The Morgan fingerprint density at radius 3 is 2.52 bits per heavy atom. The van der Waals surface area contributed by atoms with Crippen LogP contribution in [0.3, 0.4) is 0 Å². The first-order chi connectivity index (χ1) is 9.95. The summed E-state index contributed by atoms with van der Waals surface area (Å²) in [6.45, 7) is 0.167. The quantitative estimate of drug-likeness (QED) is 0.600. The average molecular weight is 310 g/mol. The number of nitrogens with zero attached hydrogens (tertiary/aromatic N) is 1. The summed E-state index contributed by atoms with van der Waals surface area (Å²) >= 11 is 5.92. The first kappa shape index (κ1) is 14.0. The second-order valence-corrected chi connectivity index (χ2v) is 5.24. The molecular weight excluding hydrogens is 299 g/mol. The molecule has 1 nitrogen and oxygen atoms in total. The number of halogens is 4. The molecule has 3 aromatic rings. The third kappa shape index (κ3) is 2.76. The lowest BCUT2D eigenvalue weighted by Gasteiger charge is -2.13. The molecule has 0 aliphatic rings. The lowest BCUT2D eigenvalue weighted by Crippen LogP contribution is -2.11. The van der Waals surface area contributed by atoms with Crippen molar-refractivity contribution in [1.29, 1.82) is 0 Å². The fourth-order valence-corrected chi connectivity index (χ4v) is 2.61. The normalized spacial score (nSPS) is 12.0. The van der Waals surface area contributed by atoms with Crippen LogP contribution in [-0.4, -0.2) is 4.57 Å². The monoisotopic (exact) mass is 309 g/mol. The van der Waals surface area contributed by atoms with Crippen LogP contribution in [0.15, 0.2) is 54.7 Å². The fraction of sp³-hybridized carbons (Fsp3) is 0.125.